The Morgan fingerprint density at radius 1 is 1.05 bits per heavy atom. The van der Waals surface area contributed by atoms with Crippen LogP contribution >= 0.6 is 0 Å². The first-order valence-corrected chi connectivity index (χ1v) is 13.5. The summed E-state index contributed by atoms with van der Waals surface area (Å²) < 4.78 is 4.76. The number of nitrogens with one attached hydrogen (secondary N) is 2. The number of amides is 1. The van der Waals surface area contributed by atoms with E-state index in [9.17, 15) is 19.5 Å². The van der Waals surface area contributed by atoms with Crippen molar-refractivity contribution in [3.05, 3.63) is 88.6 Å². The lowest BCUT2D eigenvalue weighted by atomic mass is 9.96. The number of ether oxygens (including phenoxy) is 1. The number of aliphatic carboxylic acids is 1. The van der Waals surface area contributed by atoms with Gasteiger partial charge in [-0.05, 0) is 85.7 Å². The van der Waals surface area contributed by atoms with Crippen molar-refractivity contribution in [3.8, 4) is 0 Å². The molecule has 1 aliphatic rings. The third-order valence-corrected chi connectivity index (χ3v) is 7.38. The van der Waals surface area contributed by atoms with Crippen molar-refractivity contribution in [1.82, 2.24) is 10.3 Å². The number of hydrogen-bond donors (Lipinski definition) is 3. The first kappa shape index (κ1) is 28.6. The van der Waals surface area contributed by atoms with Gasteiger partial charge in [0.1, 0.15) is 11.9 Å². The van der Waals surface area contributed by atoms with Gasteiger partial charge in [0, 0.05) is 43.5 Å². The zero-order valence-electron chi connectivity index (χ0n) is 23.1. The molecule has 3 aromatic rings. The monoisotopic (exact) mass is 544 g/mol. The summed E-state index contributed by atoms with van der Waals surface area (Å²) in [7, 11) is 1.30. The largest absolute Gasteiger partial charge is 0.480 e. The summed E-state index contributed by atoms with van der Waals surface area (Å²) in [4.78, 5) is 43.6. The van der Waals surface area contributed by atoms with Gasteiger partial charge in [0.2, 0.25) is 0 Å². The second-order valence-electron chi connectivity index (χ2n) is 10.2. The molecule has 0 spiro atoms. The predicted octanol–water partition coefficient (Wildman–Crippen LogP) is 4.24. The summed E-state index contributed by atoms with van der Waals surface area (Å²) in [5.74, 6) is -0.609. The van der Waals surface area contributed by atoms with Gasteiger partial charge in [-0.1, -0.05) is 18.2 Å². The molecule has 1 aromatic heterocycles. The van der Waals surface area contributed by atoms with Gasteiger partial charge in [-0.15, -0.1) is 0 Å². The van der Waals surface area contributed by atoms with Gasteiger partial charge >= 0.3 is 11.9 Å². The van der Waals surface area contributed by atoms with Gasteiger partial charge in [-0.2, -0.15) is 0 Å². The SMILES string of the molecule is COC(=O)c1cc(C)c(C(=O)NC(Cc2ccc(N3CCC(CNc4ccccn4)CC3)cc2)C(=O)O)c(C)c1. The summed E-state index contributed by atoms with van der Waals surface area (Å²) in [6.45, 7) is 6.23. The molecule has 2 heterocycles. The van der Waals surface area contributed by atoms with Crippen LogP contribution in [0.2, 0.25) is 0 Å². The van der Waals surface area contributed by atoms with Crippen LogP contribution in [0.5, 0.6) is 0 Å². The van der Waals surface area contributed by atoms with Crippen LogP contribution in [0.15, 0.2) is 60.8 Å². The summed E-state index contributed by atoms with van der Waals surface area (Å²) in [6.07, 6.45) is 4.10. The second-order valence-corrected chi connectivity index (χ2v) is 10.2. The Labute approximate surface area is 234 Å². The average Bonchev–Trinajstić information content (AvgIpc) is 2.96. The second kappa shape index (κ2) is 13.1. The van der Waals surface area contributed by atoms with E-state index < -0.39 is 23.9 Å². The number of aromatic nitrogens is 1. The summed E-state index contributed by atoms with van der Waals surface area (Å²) in [5, 5.41) is 15.9. The Morgan fingerprint density at radius 3 is 2.30 bits per heavy atom. The number of carbonyl (C=O) groups excluding carboxylic acids is 2. The van der Waals surface area contributed by atoms with Gasteiger partial charge in [-0.25, -0.2) is 14.6 Å². The number of anilines is 2. The fraction of sp³-hybridized carbons (Fsp3) is 0.355. The third kappa shape index (κ3) is 7.16. The molecule has 210 valence electrons. The van der Waals surface area contributed by atoms with Crippen LogP contribution in [0.3, 0.4) is 0 Å². The van der Waals surface area contributed by atoms with Gasteiger partial charge < -0.3 is 25.4 Å². The number of rotatable bonds is 10. The number of pyridine rings is 1. The topological polar surface area (TPSA) is 121 Å². The standard InChI is InChI=1S/C31H36N4O5/c1-20-16-24(31(39)40-3)17-21(2)28(20)29(36)34-26(30(37)38)18-22-7-9-25(10-8-22)35-14-11-23(12-15-35)19-33-27-6-4-5-13-32-27/h4-10,13,16-17,23,26H,11-12,14-15,18-19H2,1-3H3,(H,32,33)(H,34,36)(H,37,38). The number of nitrogens with zero attached hydrogens (tertiary/aromatic N) is 2. The lowest BCUT2D eigenvalue weighted by molar-refractivity contribution is -0.139. The van der Waals surface area contributed by atoms with Crippen molar-refractivity contribution in [2.75, 3.05) is 37.0 Å². The number of carbonyl (C=O) groups is 3. The van der Waals surface area contributed by atoms with E-state index >= 15 is 0 Å². The fourth-order valence-corrected chi connectivity index (χ4v) is 5.18. The first-order chi connectivity index (χ1) is 19.2. The molecular weight excluding hydrogens is 508 g/mol. The molecule has 1 amide bonds. The van der Waals surface area contributed by atoms with Gasteiger partial charge in [0.25, 0.3) is 5.91 Å². The van der Waals surface area contributed by atoms with E-state index in [0.29, 0.717) is 28.2 Å². The minimum atomic E-state index is -1.11. The molecule has 2 aromatic carbocycles. The molecule has 1 unspecified atom stereocenters. The molecule has 0 bridgehead atoms. The first-order valence-electron chi connectivity index (χ1n) is 13.5. The Morgan fingerprint density at radius 2 is 1.73 bits per heavy atom. The van der Waals surface area contributed by atoms with Crippen molar-refractivity contribution >= 4 is 29.4 Å². The molecule has 4 rings (SSSR count). The lowest BCUT2D eigenvalue weighted by Gasteiger charge is -2.34. The molecule has 3 N–H and O–H groups in total. The van der Waals surface area contributed by atoms with Crippen LogP contribution in [0, 0.1) is 19.8 Å². The predicted molar refractivity (Wildman–Crippen MR) is 154 cm³/mol. The van der Waals surface area contributed by atoms with Crippen LogP contribution in [0.1, 0.15) is 50.2 Å². The van der Waals surface area contributed by atoms with Gasteiger partial charge in [-0.3, -0.25) is 4.79 Å². The third-order valence-electron chi connectivity index (χ3n) is 7.38. The zero-order valence-corrected chi connectivity index (χ0v) is 23.1. The molecule has 0 saturated carbocycles. The highest BCUT2D eigenvalue weighted by Gasteiger charge is 2.24. The number of aryl methyl sites for hydroxylation is 2. The number of benzene rings is 2. The molecule has 0 radical (unpaired) electrons. The molecule has 1 saturated heterocycles. The van der Waals surface area contributed by atoms with Crippen LogP contribution < -0.4 is 15.5 Å². The summed E-state index contributed by atoms with van der Waals surface area (Å²) in [5.41, 5.74) is 3.76. The van der Waals surface area contributed by atoms with E-state index in [1.807, 2.05) is 42.5 Å². The Bertz CT molecular complexity index is 1310. The zero-order chi connectivity index (χ0) is 28.6. The molecule has 1 atom stereocenters. The van der Waals surface area contributed by atoms with E-state index in [1.54, 1.807) is 32.2 Å². The van der Waals surface area contributed by atoms with Crippen LogP contribution in [-0.4, -0.2) is 60.7 Å². The molecule has 9 nitrogen and oxygen atoms in total. The van der Waals surface area contributed by atoms with Crippen molar-refractivity contribution in [1.29, 1.82) is 0 Å². The average molecular weight is 545 g/mol. The van der Waals surface area contributed by atoms with E-state index in [-0.39, 0.29) is 6.42 Å². The van der Waals surface area contributed by atoms with E-state index in [1.165, 1.54) is 7.11 Å². The fourth-order valence-electron chi connectivity index (χ4n) is 5.18. The van der Waals surface area contributed by atoms with Crippen molar-refractivity contribution in [3.63, 3.8) is 0 Å². The Kier molecular flexibility index (Phi) is 9.37. The number of piperidine rings is 1. The Hall–Kier alpha value is -4.40. The highest BCUT2D eigenvalue weighted by molar-refractivity contribution is 6.00. The molecular formula is C31H36N4O5. The van der Waals surface area contributed by atoms with Crippen LogP contribution in [0.25, 0.3) is 0 Å². The molecule has 1 aliphatic heterocycles. The maximum Gasteiger partial charge on any atom is 0.337 e. The maximum absolute atomic E-state index is 13.1. The van der Waals surface area contributed by atoms with E-state index in [4.69, 9.17) is 4.74 Å². The van der Waals surface area contributed by atoms with Crippen molar-refractivity contribution in [2.24, 2.45) is 5.92 Å². The number of methoxy groups -OCH3 is 1. The highest BCUT2D eigenvalue weighted by atomic mass is 16.5. The number of carboxylic acids is 1. The maximum atomic E-state index is 13.1. The Balaban J connectivity index is 1.33. The molecule has 1 fully saturated rings. The smallest absolute Gasteiger partial charge is 0.337 e. The highest BCUT2D eigenvalue weighted by Crippen LogP contribution is 2.24. The van der Waals surface area contributed by atoms with Gasteiger partial charge in [0.15, 0.2) is 0 Å². The van der Waals surface area contributed by atoms with E-state index in [0.717, 1.165) is 49.5 Å². The van der Waals surface area contributed by atoms with E-state index in [2.05, 4.69) is 20.5 Å². The number of carboxylic acid groups (broad SMARTS) is 1. The quantitative estimate of drug-likeness (QED) is 0.324. The minimum Gasteiger partial charge on any atom is -0.480 e. The van der Waals surface area contributed by atoms with Crippen LogP contribution in [-0.2, 0) is 16.0 Å². The van der Waals surface area contributed by atoms with Crippen LogP contribution in [0.4, 0.5) is 11.5 Å². The number of esters is 1. The summed E-state index contributed by atoms with van der Waals surface area (Å²) in [6, 6.07) is 15.8. The number of hydrogen-bond acceptors (Lipinski definition) is 7. The molecule has 9 heteroatoms. The van der Waals surface area contributed by atoms with Crippen molar-refractivity contribution in [2.45, 2.75) is 39.2 Å². The van der Waals surface area contributed by atoms with Crippen molar-refractivity contribution < 1.29 is 24.2 Å². The minimum absolute atomic E-state index is 0.154. The normalized spacial score (nSPS) is 14.3. The lowest BCUT2D eigenvalue weighted by Crippen LogP contribution is -2.42. The molecule has 40 heavy (non-hydrogen) atoms. The van der Waals surface area contributed by atoms with Gasteiger partial charge in [0.05, 0.1) is 12.7 Å². The summed E-state index contributed by atoms with van der Waals surface area (Å²) >= 11 is 0. The molecule has 0 aliphatic carbocycles.